The summed E-state index contributed by atoms with van der Waals surface area (Å²) in [6.45, 7) is 4.59. The number of pyridine rings is 1. The van der Waals surface area contributed by atoms with E-state index in [1.54, 1.807) is 6.20 Å². The lowest BCUT2D eigenvalue weighted by Crippen LogP contribution is -2.02. The Bertz CT molecular complexity index is 865. The number of ether oxygens (including phenoxy) is 1. The van der Waals surface area contributed by atoms with Gasteiger partial charge in [-0.25, -0.2) is 15.0 Å². The van der Waals surface area contributed by atoms with E-state index in [0.29, 0.717) is 18.4 Å². The predicted octanol–water partition coefficient (Wildman–Crippen LogP) is 4.16. The van der Waals surface area contributed by atoms with E-state index in [1.807, 2.05) is 32.0 Å². The summed E-state index contributed by atoms with van der Waals surface area (Å²) in [5.41, 5.74) is 3.71. The van der Waals surface area contributed by atoms with Crippen LogP contribution in [0.5, 0.6) is 5.88 Å². The fraction of sp³-hybridized carbons (Fsp3) is 0.421. The molecule has 0 spiro atoms. The minimum atomic E-state index is 0.566. The Morgan fingerprint density at radius 2 is 2.04 bits per heavy atom. The van der Waals surface area contributed by atoms with Crippen molar-refractivity contribution in [3.63, 3.8) is 0 Å². The summed E-state index contributed by atoms with van der Waals surface area (Å²) in [7, 11) is 0. The van der Waals surface area contributed by atoms with Crippen molar-refractivity contribution in [1.82, 2.24) is 19.4 Å². The molecule has 1 aliphatic carbocycles. The highest BCUT2D eigenvalue weighted by Crippen LogP contribution is 2.35. The van der Waals surface area contributed by atoms with Crippen LogP contribution in [0.2, 0.25) is 0 Å². The van der Waals surface area contributed by atoms with Crippen molar-refractivity contribution in [3.05, 3.63) is 42.1 Å². The van der Waals surface area contributed by atoms with Gasteiger partial charge in [-0.2, -0.15) is 0 Å². The molecule has 5 nitrogen and oxygen atoms in total. The molecular weight excluding hydrogens is 300 g/mol. The molecule has 0 amide bonds. The third-order valence-electron chi connectivity index (χ3n) is 4.74. The first-order valence-electron chi connectivity index (χ1n) is 8.71. The van der Waals surface area contributed by atoms with Gasteiger partial charge in [0.15, 0.2) is 5.65 Å². The maximum Gasteiger partial charge on any atom is 0.222 e. The van der Waals surface area contributed by atoms with Crippen molar-refractivity contribution in [2.24, 2.45) is 0 Å². The van der Waals surface area contributed by atoms with E-state index in [0.717, 1.165) is 28.4 Å². The minimum absolute atomic E-state index is 0.566. The number of imidazole rings is 1. The highest BCUT2D eigenvalue weighted by Gasteiger charge is 2.23. The second-order valence-electron chi connectivity index (χ2n) is 6.33. The topological polar surface area (TPSA) is 52.3 Å². The van der Waals surface area contributed by atoms with Crippen molar-refractivity contribution in [2.45, 2.75) is 45.4 Å². The van der Waals surface area contributed by atoms with Gasteiger partial charge in [0.05, 0.1) is 23.6 Å². The molecule has 1 aliphatic rings. The van der Waals surface area contributed by atoms with Gasteiger partial charge in [-0.15, -0.1) is 0 Å². The second-order valence-corrected chi connectivity index (χ2v) is 6.33. The fourth-order valence-corrected chi connectivity index (χ4v) is 3.60. The van der Waals surface area contributed by atoms with Crippen LogP contribution in [0, 0.1) is 6.92 Å². The highest BCUT2D eigenvalue weighted by atomic mass is 16.5. The average Bonchev–Trinajstić information content (AvgIpc) is 3.24. The zero-order valence-corrected chi connectivity index (χ0v) is 14.2. The van der Waals surface area contributed by atoms with Gasteiger partial charge < -0.3 is 4.74 Å². The van der Waals surface area contributed by atoms with Crippen molar-refractivity contribution in [2.75, 3.05) is 6.61 Å². The van der Waals surface area contributed by atoms with Crippen molar-refractivity contribution in [1.29, 1.82) is 0 Å². The summed E-state index contributed by atoms with van der Waals surface area (Å²) >= 11 is 0. The second kappa shape index (κ2) is 6.23. The van der Waals surface area contributed by atoms with Crippen LogP contribution in [0.4, 0.5) is 0 Å². The lowest BCUT2D eigenvalue weighted by Gasteiger charge is -2.10. The van der Waals surface area contributed by atoms with E-state index < -0.39 is 0 Å². The molecule has 3 heterocycles. The van der Waals surface area contributed by atoms with E-state index in [2.05, 4.69) is 15.6 Å². The first kappa shape index (κ1) is 15.1. The number of aryl methyl sites for hydroxylation is 1. The first-order valence-corrected chi connectivity index (χ1v) is 8.71. The lowest BCUT2D eigenvalue weighted by molar-refractivity contribution is 0.328. The van der Waals surface area contributed by atoms with Gasteiger partial charge in [-0.1, -0.05) is 12.8 Å². The van der Waals surface area contributed by atoms with Crippen molar-refractivity contribution in [3.8, 4) is 17.1 Å². The molecule has 124 valence electrons. The van der Waals surface area contributed by atoms with Crippen molar-refractivity contribution >= 4 is 5.65 Å². The van der Waals surface area contributed by atoms with E-state index in [4.69, 9.17) is 14.7 Å². The Balaban J connectivity index is 1.81. The van der Waals surface area contributed by atoms with Gasteiger partial charge in [-0.3, -0.25) is 4.40 Å². The third-order valence-corrected chi connectivity index (χ3v) is 4.74. The molecule has 3 aromatic rings. The SMILES string of the molecule is CCOc1ncccc1-c1ccn2c(C3CCCC3)nc(C)c2n1. The van der Waals surface area contributed by atoms with E-state index in [9.17, 15) is 0 Å². The van der Waals surface area contributed by atoms with Crippen LogP contribution in [0.3, 0.4) is 0 Å². The third kappa shape index (κ3) is 2.54. The summed E-state index contributed by atoms with van der Waals surface area (Å²) in [5.74, 6) is 2.36. The highest BCUT2D eigenvalue weighted by molar-refractivity contribution is 5.67. The van der Waals surface area contributed by atoms with Gasteiger partial charge in [0, 0.05) is 18.3 Å². The zero-order valence-electron chi connectivity index (χ0n) is 14.2. The van der Waals surface area contributed by atoms with Crippen LogP contribution in [0.25, 0.3) is 16.9 Å². The Morgan fingerprint density at radius 3 is 2.83 bits per heavy atom. The molecule has 4 rings (SSSR count). The molecule has 0 N–H and O–H groups in total. The Morgan fingerprint density at radius 1 is 1.21 bits per heavy atom. The Kier molecular flexibility index (Phi) is 3.92. The molecule has 24 heavy (non-hydrogen) atoms. The Hall–Kier alpha value is -2.43. The molecule has 0 aromatic carbocycles. The molecule has 0 radical (unpaired) electrons. The average molecular weight is 322 g/mol. The monoisotopic (exact) mass is 322 g/mol. The maximum absolute atomic E-state index is 5.65. The fourth-order valence-electron chi connectivity index (χ4n) is 3.60. The molecule has 1 fully saturated rings. The molecule has 5 heteroatoms. The molecule has 0 atom stereocenters. The molecule has 0 unspecified atom stereocenters. The lowest BCUT2D eigenvalue weighted by atomic mass is 10.1. The molecule has 0 bridgehead atoms. The number of nitrogens with zero attached hydrogens (tertiary/aromatic N) is 4. The zero-order chi connectivity index (χ0) is 16.5. The van der Waals surface area contributed by atoms with Gasteiger partial charge in [0.1, 0.15) is 5.82 Å². The number of hydrogen-bond donors (Lipinski definition) is 0. The number of aromatic nitrogens is 4. The standard InChI is InChI=1S/C19H22N4O/c1-3-24-19-15(9-6-11-20-19)16-10-12-23-17(22-16)13(2)21-18(23)14-7-4-5-8-14/h6,9-12,14H,3-5,7-8H2,1-2H3. The van der Waals surface area contributed by atoms with Gasteiger partial charge in [-0.05, 0) is 44.9 Å². The number of hydrogen-bond acceptors (Lipinski definition) is 4. The van der Waals surface area contributed by atoms with Crippen LogP contribution >= 0.6 is 0 Å². The van der Waals surface area contributed by atoms with Crippen LogP contribution in [-0.2, 0) is 0 Å². The summed E-state index contributed by atoms with van der Waals surface area (Å²) in [6, 6.07) is 5.95. The van der Waals surface area contributed by atoms with E-state index >= 15 is 0 Å². The maximum atomic E-state index is 5.65. The minimum Gasteiger partial charge on any atom is -0.477 e. The van der Waals surface area contributed by atoms with Gasteiger partial charge in [0.2, 0.25) is 5.88 Å². The summed E-state index contributed by atoms with van der Waals surface area (Å²) in [6.07, 6.45) is 8.91. The van der Waals surface area contributed by atoms with Crippen LogP contribution in [0.15, 0.2) is 30.6 Å². The number of fused-ring (bicyclic) bond motifs is 1. The smallest absolute Gasteiger partial charge is 0.222 e. The van der Waals surface area contributed by atoms with Crippen LogP contribution in [0.1, 0.15) is 50.0 Å². The summed E-state index contributed by atoms with van der Waals surface area (Å²) in [4.78, 5) is 14.0. The first-order chi connectivity index (χ1) is 11.8. The van der Waals surface area contributed by atoms with Crippen molar-refractivity contribution < 1.29 is 4.74 Å². The molecule has 1 saturated carbocycles. The largest absolute Gasteiger partial charge is 0.477 e. The Labute approximate surface area is 141 Å². The molecular formula is C19H22N4O. The van der Waals surface area contributed by atoms with Crippen LogP contribution in [-0.4, -0.2) is 26.0 Å². The molecule has 0 saturated heterocycles. The van der Waals surface area contributed by atoms with Gasteiger partial charge in [0.25, 0.3) is 0 Å². The van der Waals surface area contributed by atoms with E-state index in [1.165, 1.54) is 25.7 Å². The van der Waals surface area contributed by atoms with E-state index in [-0.39, 0.29) is 0 Å². The van der Waals surface area contributed by atoms with Crippen LogP contribution < -0.4 is 4.74 Å². The number of rotatable bonds is 4. The molecule has 3 aromatic heterocycles. The molecule has 0 aliphatic heterocycles. The van der Waals surface area contributed by atoms with Gasteiger partial charge >= 0.3 is 0 Å². The quantitative estimate of drug-likeness (QED) is 0.724. The normalized spacial score (nSPS) is 15.2. The summed E-state index contributed by atoms with van der Waals surface area (Å²) in [5, 5.41) is 0. The summed E-state index contributed by atoms with van der Waals surface area (Å²) < 4.78 is 7.80. The predicted molar refractivity (Wildman–Crippen MR) is 93.3 cm³/mol.